The van der Waals surface area contributed by atoms with Crippen molar-refractivity contribution >= 4 is 15.9 Å². The number of nitrogens with zero attached hydrogens (tertiary/aromatic N) is 2. The van der Waals surface area contributed by atoms with Gasteiger partial charge in [0.2, 0.25) is 0 Å². The molecule has 0 aliphatic heterocycles. The van der Waals surface area contributed by atoms with Crippen molar-refractivity contribution in [2.45, 2.75) is 19.1 Å². The van der Waals surface area contributed by atoms with Crippen molar-refractivity contribution < 1.29 is 13.2 Å². The van der Waals surface area contributed by atoms with Gasteiger partial charge < -0.3 is 9.88 Å². The number of imidazole rings is 1. The first kappa shape index (κ1) is 16.0. The van der Waals surface area contributed by atoms with Gasteiger partial charge >= 0.3 is 6.18 Å². The second-order valence-electron chi connectivity index (χ2n) is 4.62. The van der Waals surface area contributed by atoms with Crippen LogP contribution in [0.25, 0.3) is 0 Å². The summed E-state index contributed by atoms with van der Waals surface area (Å²) in [5, 5.41) is 3.18. The Bertz CT molecular complexity index is 622. The zero-order valence-electron chi connectivity index (χ0n) is 11.6. The van der Waals surface area contributed by atoms with Crippen LogP contribution in [0, 0.1) is 0 Å². The van der Waals surface area contributed by atoms with Crippen LogP contribution in [0.5, 0.6) is 0 Å². The third-order valence-electron chi connectivity index (χ3n) is 3.16. The van der Waals surface area contributed by atoms with Crippen molar-refractivity contribution in [2.75, 3.05) is 6.54 Å². The highest BCUT2D eigenvalue weighted by molar-refractivity contribution is 9.10. The van der Waals surface area contributed by atoms with Crippen LogP contribution in [0.3, 0.4) is 0 Å². The summed E-state index contributed by atoms with van der Waals surface area (Å²) in [6, 6.07) is 3.23. The number of nitrogens with one attached hydrogen (secondary N) is 1. The number of rotatable bonds is 4. The maximum Gasteiger partial charge on any atom is 0.416 e. The van der Waals surface area contributed by atoms with Crippen LogP contribution in [0.15, 0.2) is 35.1 Å². The Morgan fingerprint density at radius 1 is 1.38 bits per heavy atom. The molecular weight excluding hydrogens is 347 g/mol. The van der Waals surface area contributed by atoms with E-state index in [4.69, 9.17) is 0 Å². The summed E-state index contributed by atoms with van der Waals surface area (Å²) >= 11 is 3.33. The Balaban J connectivity index is 2.52. The van der Waals surface area contributed by atoms with Crippen molar-refractivity contribution in [3.63, 3.8) is 0 Å². The highest BCUT2D eigenvalue weighted by Gasteiger charge is 2.32. The van der Waals surface area contributed by atoms with E-state index < -0.39 is 17.8 Å². The molecule has 1 unspecified atom stereocenters. The van der Waals surface area contributed by atoms with E-state index in [-0.39, 0.29) is 0 Å². The van der Waals surface area contributed by atoms with Crippen molar-refractivity contribution in [3.05, 3.63) is 52.0 Å². The largest absolute Gasteiger partial charge is 0.416 e. The average molecular weight is 362 g/mol. The van der Waals surface area contributed by atoms with Crippen LogP contribution in [0.2, 0.25) is 0 Å². The van der Waals surface area contributed by atoms with Gasteiger partial charge in [0.25, 0.3) is 0 Å². The summed E-state index contributed by atoms with van der Waals surface area (Å²) < 4.78 is 41.1. The van der Waals surface area contributed by atoms with Crippen molar-refractivity contribution in [2.24, 2.45) is 7.05 Å². The minimum Gasteiger partial charge on any atom is -0.336 e. The predicted octanol–water partition coefficient (Wildman–Crippen LogP) is 3.90. The Morgan fingerprint density at radius 3 is 2.62 bits per heavy atom. The van der Waals surface area contributed by atoms with Gasteiger partial charge in [0.1, 0.15) is 5.82 Å². The molecule has 0 radical (unpaired) electrons. The van der Waals surface area contributed by atoms with E-state index in [1.165, 1.54) is 6.07 Å². The maximum atomic E-state index is 12.9. The third kappa shape index (κ3) is 3.47. The van der Waals surface area contributed by atoms with E-state index in [0.717, 1.165) is 12.1 Å². The molecule has 1 atom stereocenters. The quantitative estimate of drug-likeness (QED) is 0.894. The van der Waals surface area contributed by atoms with Crippen molar-refractivity contribution in [3.8, 4) is 0 Å². The zero-order chi connectivity index (χ0) is 15.6. The number of benzene rings is 1. The van der Waals surface area contributed by atoms with Crippen LogP contribution in [0.1, 0.15) is 29.9 Å². The Hall–Kier alpha value is -1.34. The molecular formula is C14H15BrF3N3. The Labute approximate surface area is 129 Å². The Kier molecular flexibility index (Phi) is 4.73. The molecule has 7 heteroatoms. The molecule has 1 heterocycles. The van der Waals surface area contributed by atoms with E-state index in [0.29, 0.717) is 22.4 Å². The van der Waals surface area contributed by atoms with Crippen LogP contribution in [-0.2, 0) is 13.2 Å². The monoisotopic (exact) mass is 361 g/mol. The lowest BCUT2D eigenvalue weighted by Crippen LogP contribution is -2.25. The van der Waals surface area contributed by atoms with Gasteiger partial charge in [0.05, 0.1) is 11.6 Å². The fourth-order valence-electron chi connectivity index (χ4n) is 2.14. The molecule has 0 aliphatic rings. The van der Waals surface area contributed by atoms with E-state index in [9.17, 15) is 13.2 Å². The van der Waals surface area contributed by atoms with Gasteiger partial charge in [0.15, 0.2) is 0 Å². The second-order valence-corrected chi connectivity index (χ2v) is 5.48. The second kappa shape index (κ2) is 6.19. The first-order valence-electron chi connectivity index (χ1n) is 6.41. The molecule has 3 nitrogen and oxygen atoms in total. The fraction of sp³-hybridized carbons (Fsp3) is 0.357. The topological polar surface area (TPSA) is 29.9 Å². The molecule has 2 aromatic rings. The van der Waals surface area contributed by atoms with E-state index >= 15 is 0 Å². The van der Waals surface area contributed by atoms with E-state index in [2.05, 4.69) is 26.2 Å². The smallest absolute Gasteiger partial charge is 0.336 e. The molecule has 2 rings (SSSR count). The number of hydrogen-bond acceptors (Lipinski definition) is 2. The first-order valence-corrected chi connectivity index (χ1v) is 7.21. The van der Waals surface area contributed by atoms with Crippen LogP contribution in [-0.4, -0.2) is 16.1 Å². The Morgan fingerprint density at radius 2 is 2.10 bits per heavy atom. The zero-order valence-corrected chi connectivity index (χ0v) is 13.2. The normalized spacial score (nSPS) is 13.4. The SMILES string of the molecule is CCNC(c1cc(C(F)(F)F)ccc1Br)c1nccn1C. The molecule has 0 bridgehead atoms. The molecule has 0 spiro atoms. The van der Waals surface area contributed by atoms with Gasteiger partial charge in [-0.1, -0.05) is 22.9 Å². The summed E-state index contributed by atoms with van der Waals surface area (Å²) in [7, 11) is 1.81. The van der Waals surface area contributed by atoms with Gasteiger partial charge in [-0.2, -0.15) is 13.2 Å². The molecule has 0 aliphatic carbocycles. The number of aromatic nitrogens is 2. The standard InChI is InChI=1S/C14H15BrF3N3/c1-3-19-12(13-20-6-7-21(13)2)10-8-9(14(16,17)18)4-5-11(10)15/h4-8,12,19H,3H2,1-2H3. The van der Waals surface area contributed by atoms with Crippen LogP contribution in [0.4, 0.5) is 13.2 Å². The molecule has 0 saturated carbocycles. The summed E-state index contributed by atoms with van der Waals surface area (Å²) in [6.45, 7) is 2.51. The first-order chi connectivity index (χ1) is 9.84. The highest BCUT2D eigenvalue weighted by Crippen LogP contribution is 2.35. The minimum atomic E-state index is -4.37. The number of aryl methyl sites for hydroxylation is 1. The molecule has 0 amide bonds. The molecule has 1 aromatic heterocycles. The summed E-state index contributed by atoms with van der Waals surface area (Å²) in [6.07, 6.45) is -0.976. The number of hydrogen-bond donors (Lipinski definition) is 1. The molecule has 1 aromatic carbocycles. The molecule has 114 valence electrons. The minimum absolute atomic E-state index is 0.410. The molecule has 0 fully saturated rings. The van der Waals surface area contributed by atoms with Crippen molar-refractivity contribution in [1.82, 2.24) is 14.9 Å². The van der Waals surface area contributed by atoms with Gasteiger partial charge in [-0.05, 0) is 30.3 Å². The van der Waals surface area contributed by atoms with Crippen LogP contribution < -0.4 is 5.32 Å². The lowest BCUT2D eigenvalue weighted by atomic mass is 10.0. The van der Waals surface area contributed by atoms with Crippen molar-refractivity contribution in [1.29, 1.82) is 0 Å². The lowest BCUT2D eigenvalue weighted by Gasteiger charge is -2.21. The molecule has 0 saturated heterocycles. The fourth-order valence-corrected chi connectivity index (χ4v) is 2.62. The molecule has 1 N–H and O–H groups in total. The third-order valence-corrected chi connectivity index (χ3v) is 3.88. The average Bonchev–Trinajstić information content (AvgIpc) is 2.82. The summed E-state index contributed by atoms with van der Waals surface area (Å²) in [4.78, 5) is 4.24. The van der Waals surface area contributed by atoms with Gasteiger partial charge in [-0.3, -0.25) is 0 Å². The maximum absolute atomic E-state index is 12.9. The lowest BCUT2D eigenvalue weighted by molar-refractivity contribution is -0.137. The van der Waals surface area contributed by atoms with Gasteiger partial charge in [-0.15, -0.1) is 0 Å². The predicted molar refractivity (Wildman–Crippen MR) is 77.9 cm³/mol. The molecule has 21 heavy (non-hydrogen) atoms. The van der Waals surface area contributed by atoms with E-state index in [1.807, 2.05) is 14.0 Å². The number of halogens is 4. The summed E-state index contributed by atoms with van der Waals surface area (Å²) in [5.41, 5.74) is -0.154. The summed E-state index contributed by atoms with van der Waals surface area (Å²) in [5.74, 6) is 0.664. The number of alkyl halides is 3. The van der Waals surface area contributed by atoms with Gasteiger partial charge in [0, 0.05) is 23.9 Å². The van der Waals surface area contributed by atoms with Crippen LogP contribution >= 0.6 is 15.9 Å². The van der Waals surface area contributed by atoms with E-state index in [1.54, 1.807) is 17.0 Å². The highest BCUT2D eigenvalue weighted by atomic mass is 79.9. The van der Waals surface area contributed by atoms with Gasteiger partial charge in [-0.25, -0.2) is 4.98 Å².